The highest BCUT2D eigenvalue weighted by Gasteiger charge is 2.27. The standard InChI is InChI=1S/C14H31NO3/c1-6-8-14(16)13(7-2)15(9-10-17-4)12(3)11-18-5/h12-14,16H,6-11H2,1-5H3. The second-order valence-electron chi connectivity index (χ2n) is 4.87. The van der Waals surface area contributed by atoms with Gasteiger partial charge in [0.05, 0.1) is 19.3 Å². The summed E-state index contributed by atoms with van der Waals surface area (Å²) in [6.07, 6.45) is 2.53. The summed E-state index contributed by atoms with van der Waals surface area (Å²) in [7, 11) is 3.43. The van der Waals surface area contributed by atoms with Gasteiger partial charge < -0.3 is 14.6 Å². The summed E-state index contributed by atoms with van der Waals surface area (Å²) in [5.41, 5.74) is 0. The van der Waals surface area contributed by atoms with Crippen LogP contribution in [0.5, 0.6) is 0 Å². The lowest BCUT2D eigenvalue weighted by Gasteiger charge is -2.38. The highest BCUT2D eigenvalue weighted by molar-refractivity contribution is 4.81. The molecule has 0 fully saturated rings. The van der Waals surface area contributed by atoms with E-state index in [1.807, 2.05) is 0 Å². The van der Waals surface area contributed by atoms with Crippen molar-refractivity contribution in [1.29, 1.82) is 0 Å². The zero-order valence-electron chi connectivity index (χ0n) is 12.7. The predicted octanol–water partition coefficient (Wildman–Crippen LogP) is 1.91. The van der Waals surface area contributed by atoms with E-state index in [2.05, 4.69) is 25.7 Å². The van der Waals surface area contributed by atoms with Crippen LogP contribution in [0.15, 0.2) is 0 Å². The van der Waals surface area contributed by atoms with Crippen LogP contribution in [0.1, 0.15) is 40.0 Å². The van der Waals surface area contributed by atoms with Crippen LogP contribution >= 0.6 is 0 Å². The van der Waals surface area contributed by atoms with Gasteiger partial charge in [0, 0.05) is 32.8 Å². The van der Waals surface area contributed by atoms with E-state index in [1.165, 1.54) is 0 Å². The van der Waals surface area contributed by atoms with Gasteiger partial charge >= 0.3 is 0 Å². The Morgan fingerprint density at radius 3 is 2.28 bits per heavy atom. The molecule has 3 unspecified atom stereocenters. The zero-order valence-corrected chi connectivity index (χ0v) is 12.7. The Labute approximate surface area is 112 Å². The van der Waals surface area contributed by atoms with E-state index in [4.69, 9.17) is 9.47 Å². The Kier molecular flexibility index (Phi) is 10.6. The molecule has 0 bridgehead atoms. The van der Waals surface area contributed by atoms with Crippen LogP contribution in [0, 0.1) is 0 Å². The number of ether oxygens (including phenoxy) is 2. The first kappa shape index (κ1) is 17.8. The lowest BCUT2D eigenvalue weighted by atomic mass is 10.0. The van der Waals surface area contributed by atoms with Gasteiger partial charge in [-0.05, 0) is 19.8 Å². The molecule has 0 rings (SSSR count). The highest BCUT2D eigenvalue weighted by atomic mass is 16.5. The minimum atomic E-state index is -0.267. The molecule has 18 heavy (non-hydrogen) atoms. The summed E-state index contributed by atoms with van der Waals surface area (Å²) in [5, 5.41) is 10.3. The Hall–Kier alpha value is -0.160. The quantitative estimate of drug-likeness (QED) is 0.617. The van der Waals surface area contributed by atoms with Crippen LogP contribution in [0.4, 0.5) is 0 Å². The van der Waals surface area contributed by atoms with Crippen LogP contribution < -0.4 is 0 Å². The van der Waals surface area contributed by atoms with E-state index in [1.54, 1.807) is 14.2 Å². The van der Waals surface area contributed by atoms with Crippen LogP contribution in [0.3, 0.4) is 0 Å². The molecule has 4 heteroatoms. The molecule has 4 nitrogen and oxygen atoms in total. The number of aliphatic hydroxyl groups excluding tert-OH is 1. The number of aliphatic hydroxyl groups is 1. The molecule has 0 amide bonds. The molecular formula is C14H31NO3. The second-order valence-corrected chi connectivity index (χ2v) is 4.87. The molecule has 110 valence electrons. The lowest BCUT2D eigenvalue weighted by molar-refractivity contribution is -0.0115. The van der Waals surface area contributed by atoms with E-state index in [0.29, 0.717) is 19.3 Å². The molecular weight excluding hydrogens is 230 g/mol. The first-order chi connectivity index (χ1) is 8.62. The number of hydrogen-bond acceptors (Lipinski definition) is 4. The summed E-state index contributed by atoms with van der Waals surface area (Å²) in [4.78, 5) is 2.31. The van der Waals surface area contributed by atoms with Crippen molar-refractivity contribution in [3.63, 3.8) is 0 Å². The first-order valence-electron chi connectivity index (χ1n) is 7.03. The fourth-order valence-corrected chi connectivity index (χ4v) is 2.46. The third-order valence-corrected chi connectivity index (χ3v) is 3.40. The van der Waals surface area contributed by atoms with E-state index in [-0.39, 0.29) is 12.1 Å². The van der Waals surface area contributed by atoms with Crippen molar-refractivity contribution in [3.8, 4) is 0 Å². The normalized spacial score (nSPS) is 16.8. The average Bonchev–Trinajstić information content (AvgIpc) is 2.34. The van der Waals surface area contributed by atoms with Gasteiger partial charge in [0.25, 0.3) is 0 Å². The van der Waals surface area contributed by atoms with Gasteiger partial charge in [0.15, 0.2) is 0 Å². The van der Waals surface area contributed by atoms with Crippen LogP contribution in [-0.2, 0) is 9.47 Å². The molecule has 0 aliphatic carbocycles. The van der Waals surface area contributed by atoms with Crippen molar-refractivity contribution in [2.24, 2.45) is 0 Å². The van der Waals surface area contributed by atoms with Gasteiger partial charge in [-0.3, -0.25) is 4.90 Å². The summed E-state index contributed by atoms with van der Waals surface area (Å²) in [6.45, 7) is 8.57. The summed E-state index contributed by atoms with van der Waals surface area (Å²) >= 11 is 0. The largest absolute Gasteiger partial charge is 0.391 e. The molecule has 0 saturated heterocycles. The summed E-state index contributed by atoms with van der Waals surface area (Å²) in [5.74, 6) is 0. The summed E-state index contributed by atoms with van der Waals surface area (Å²) in [6, 6.07) is 0.479. The molecule has 0 aliphatic heterocycles. The minimum absolute atomic E-state index is 0.185. The van der Waals surface area contributed by atoms with Gasteiger partial charge in [-0.25, -0.2) is 0 Å². The number of methoxy groups -OCH3 is 2. The second kappa shape index (κ2) is 10.7. The van der Waals surface area contributed by atoms with E-state index in [9.17, 15) is 5.11 Å². The molecule has 0 aliphatic rings. The zero-order chi connectivity index (χ0) is 14.0. The fourth-order valence-electron chi connectivity index (χ4n) is 2.46. The molecule has 0 aromatic carbocycles. The van der Waals surface area contributed by atoms with Crippen molar-refractivity contribution in [2.75, 3.05) is 34.0 Å². The molecule has 0 aromatic heterocycles. The predicted molar refractivity (Wildman–Crippen MR) is 74.9 cm³/mol. The molecule has 1 N–H and O–H groups in total. The van der Waals surface area contributed by atoms with Crippen molar-refractivity contribution in [2.45, 2.75) is 58.2 Å². The molecule has 0 saturated carbocycles. The van der Waals surface area contributed by atoms with Gasteiger partial charge in [0.1, 0.15) is 0 Å². The molecule has 0 spiro atoms. The van der Waals surface area contributed by atoms with E-state index >= 15 is 0 Å². The maximum absolute atomic E-state index is 10.3. The van der Waals surface area contributed by atoms with Crippen molar-refractivity contribution >= 4 is 0 Å². The SMILES string of the molecule is CCCC(O)C(CC)N(CCOC)C(C)COC. The maximum atomic E-state index is 10.3. The van der Waals surface area contributed by atoms with E-state index < -0.39 is 0 Å². The van der Waals surface area contributed by atoms with Crippen LogP contribution in [0.2, 0.25) is 0 Å². The monoisotopic (exact) mass is 261 g/mol. The molecule has 0 radical (unpaired) electrons. The van der Waals surface area contributed by atoms with Crippen molar-refractivity contribution in [1.82, 2.24) is 4.90 Å². The Morgan fingerprint density at radius 1 is 1.17 bits per heavy atom. The minimum Gasteiger partial charge on any atom is -0.391 e. The molecule has 0 aromatic rings. The van der Waals surface area contributed by atoms with Crippen LogP contribution in [0.25, 0.3) is 0 Å². The number of hydrogen-bond donors (Lipinski definition) is 1. The Balaban J connectivity index is 4.64. The van der Waals surface area contributed by atoms with Gasteiger partial charge in [0.2, 0.25) is 0 Å². The fraction of sp³-hybridized carbons (Fsp3) is 1.00. The number of nitrogens with zero attached hydrogens (tertiary/aromatic N) is 1. The van der Waals surface area contributed by atoms with Crippen LogP contribution in [-0.4, -0.2) is 62.2 Å². The third-order valence-electron chi connectivity index (χ3n) is 3.40. The van der Waals surface area contributed by atoms with E-state index in [0.717, 1.165) is 25.8 Å². The maximum Gasteiger partial charge on any atom is 0.0695 e. The number of rotatable bonds is 11. The Morgan fingerprint density at radius 2 is 1.83 bits per heavy atom. The van der Waals surface area contributed by atoms with Gasteiger partial charge in [-0.1, -0.05) is 20.3 Å². The first-order valence-corrected chi connectivity index (χ1v) is 7.03. The third kappa shape index (κ3) is 6.14. The Bertz CT molecular complexity index is 190. The topological polar surface area (TPSA) is 41.9 Å². The van der Waals surface area contributed by atoms with Crippen molar-refractivity contribution in [3.05, 3.63) is 0 Å². The van der Waals surface area contributed by atoms with Gasteiger partial charge in [-0.15, -0.1) is 0 Å². The van der Waals surface area contributed by atoms with Crippen molar-refractivity contribution < 1.29 is 14.6 Å². The smallest absolute Gasteiger partial charge is 0.0695 e. The molecule has 0 heterocycles. The highest BCUT2D eigenvalue weighted by Crippen LogP contribution is 2.16. The average molecular weight is 261 g/mol. The lowest BCUT2D eigenvalue weighted by Crippen LogP contribution is -2.50. The van der Waals surface area contributed by atoms with Gasteiger partial charge in [-0.2, -0.15) is 0 Å². The molecule has 3 atom stereocenters. The summed E-state index contributed by atoms with van der Waals surface area (Å²) < 4.78 is 10.4.